The molecule has 0 aliphatic rings. The molecule has 0 unspecified atom stereocenters. The first-order chi connectivity index (χ1) is 31.7. The van der Waals surface area contributed by atoms with Gasteiger partial charge in [-0.3, -0.25) is 14.4 Å². The number of hydrogen-bond acceptors (Lipinski definition) is 6. The van der Waals surface area contributed by atoms with E-state index in [1.54, 1.807) is 0 Å². The predicted molar refractivity (Wildman–Crippen MR) is 280 cm³/mol. The highest BCUT2D eigenvalue weighted by atomic mass is 16.6. The van der Waals surface area contributed by atoms with Crippen molar-refractivity contribution < 1.29 is 28.6 Å². The van der Waals surface area contributed by atoms with Gasteiger partial charge in [0.05, 0.1) is 0 Å². The predicted octanol–water partition coefficient (Wildman–Crippen LogP) is 19.3. The van der Waals surface area contributed by atoms with E-state index in [9.17, 15) is 14.4 Å². The number of hydrogen-bond donors (Lipinski definition) is 0. The molecule has 0 amide bonds. The van der Waals surface area contributed by atoms with Gasteiger partial charge in [-0.15, -0.1) is 0 Å². The molecule has 0 aromatic carbocycles. The van der Waals surface area contributed by atoms with Crippen LogP contribution in [0.15, 0.2) is 0 Å². The van der Waals surface area contributed by atoms with Gasteiger partial charge < -0.3 is 14.2 Å². The number of carbonyl (C=O) groups is 3. The molecule has 0 rings (SSSR count). The summed E-state index contributed by atoms with van der Waals surface area (Å²) < 4.78 is 16.9. The largest absolute Gasteiger partial charge is 0.462 e. The number of ether oxygens (including phenoxy) is 3. The summed E-state index contributed by atoms with van der Waals surface area (Å²) in [7, 11) is 0. The Hall–Kier alpha value is -1.59. The Balaban J connectivity index is 4.30. The Kier molecular flexibility index (Phi) is 50.5. The summed E-state index contributed by atoms with van der Waals surface area (Å²) in [4.78, 5) is 38.2. The Bertz CT molecular complexity index is 993. The van der Waals surface area contributed by atoms with Crippen molar-refractivity contribution in [3.8, 4) is 0 Å². The van der Waals surface area contributed by atoms with Gasteiger partial charge in [-0.05, 0) is 31.1 Å². The van der Waals surface area contributed by atoms with Crippen molar-refractivity contribution in [2.24, 2.45) is 11.8 Å². The molecule has 1 atom stereocenters. The molecule has 6 heteroatoms. The van der Waals surface area contributed by atoms with E-state index in [0.29, 0.717) is 19.3 Å². The van der Waals surface area contributed by atoms with Crippen LogP contribution in [0.4, 0.5) is 0 Å². The third-order valence-corrected chi connectivity index (χ3v) is 13.5. The van der Waals surface area contributed by atoms with Crippen LogP contribution < -0.4 is 0 Å². The van der Waals surface area contributed by atoms with Crippen LogP contribution in [0.25, 0.3) is 0 Å². The van der Waals surface area contributed by atoms with E-state index in [-0.39, 0.29) is 31.1 Å². The molecular weight excluding hydrogens is 805 g/mol. The van der Waals surface area contributed by atoms with Crippen LogP contribution in [0, 0.1) is 11.8 Å². The lowest BCUT2D eigenvalue weighted by atomic mass is 10.0. The fourth-order valence-corrected chi connectivity index (χ4v) is 9.05. The minimum atomic E-state index is -0.763. The number of esters is 3. The van der Waals surface area contributed by atoms with E-state index in [1.165, 1.54) is 218 Å². The molecule has 0 aliphatic heterocycles. The molecule has 386 valence electrons. The van der Waals surface area contributed by atoms with Gasteiger partial charge in [-0.2, -0.15) is 0 Å². The van der Waals surface area contributed by atoms with Crippen LogP contribution in [0.3, 0.4) is 0 Å². The van der Waals surface area contributed by atoms with E-state index in [0.717, 1.165) is 69.6 Å². The van der Waals surface area contributed by atoms with Crippen molar-refractivity contribution in [3.05, 3.63) is 0 Å². The van der Waals surface area contributed by atoms with Crippen LogP contribution in [0.1, 0.15) is 330 Å². The van der Waals surface area contributed by atoms with Crippen LogP contribution in [0.5, 0.6) is 0 Å². The van der Waals surface area contributed by atoms with Crippen molar-refractivity contribution >= 4 is 17.9 Å². The molecule has 0 spiro atoms. The summed E-state index contributed by atoms with van der Waals surface area (Å²) >= 11 is 0. The lowest BCUT2D eigenvalue weighted by Crippen LogP contribution is -2.30. The summed E-state index contributed by atoms with van der Waals surface area (Å²) in [6, 6.07) is 0. The zero-order valence-electron chi connectivity index (χ0n) is 44.6. The second kappa shape index (κ2) is 51.8. The first-order valence-corrected chi connectivity index (χ1v) is 29.2. The van der Waals surface area contributed by atoms with Gasteiger partial charge in [0.2, 0.25) is 0 Å². The van der Waals surface area contributed by atoms with Crippen LogP contribution in [-0.2, 0) is 28.6 Å². The third-order valence-electron chi connectivity index (χ3n) is 13.5. The highest BCUT2D eigenvalue weighted by Crippen LogP contribution is 2.18. The summed E-state index contributed by atoms with van der Waals surface area (Å²) in [6.45, 7) is 11.4. The average Bonchev–Trinajstić information content (AvgIpc) is 3.28. The second-order valence-electron chi connectivity index (χ2n) is 21.2. The van der Waals surface area contributed by atoms with Gasteiger partial charge in [0.15, 0.2) is 6.10 Å². The maximum Gasteiger partial charge on any atom is 0.306 e. The Morgan fingerprint density at radius 1 is 0.292 bits per heavy atom. The van der Waals surface area contributed by atoms with Gasteiger partial charge in [0.1, 0.15) is 13.2 Å². The van der Waals surface area contributed by atoms with E-state index in [4.69, 9.17) is 14.2 Å². The molecule has 0 saturated carbocycles. The highest BCUT2D eigenvalue weighted by Gasteiger charge is 2.19. The Morgan fingerprint density at radius 2 is 0.508 bits per heavy atom. The maximum absolute atomic E-state index is 12.9. The zero-order chi connectivity index (χ0) is 47.5. The minimum absolute atomic E-state index is 0.0625. The smallest absolute Gasteiger partial charge is 0.306 e. The molecule has 6 nitrogen and oxygen atoms in total. The van der Waals surface area contributed by atoms with E-state index < -0.39 is 6.10 Å². The first kappa shape index (κ1) is 63.4. The van der Waals surface area contributed by atoms with Crippen LogP contribution in [0.2, 0.25) is 0 Å². The standard InChI is InChI=1S/C59H114O6/c1-6-7-8-9-10-11-12-13-19-24-29-34-39-44-49-57(60)63-52-56(65-59(62)51-46-41-36-31-26-21-16-18-23-28-33-38-43-48-55(4)5)53-64-58(61)50-45-40-35-30-25-20-15-14-17-22-27-32-37-42-47-54(2)3/h54-56H,6-53H2,1-5H3/t56-/m1/s1. The van der Waals surface area contributed by atoms with Crippen LogP contribution >= 0.6 is 0 Å². The maximum atomic E-state index is 12.9. The molecular formula is C59H114O6. The highest BCUT2D eigenvalue weighted by molar-refractivity contribution is 5.71. The van der Waals surface area contributed by atoms with Gasteiger partial charge >= 0.3 is 17.9 Å². The minimum Gasteiger partial charge on any atom is -0.462 e. The topological polar surface area (TPSA) is 78.9 Å². The van der Waals surface area contributed by atoms with Gasteiger partial charge in [-0.1, -0.05) is 291 Å². The van der Waals surface area contributed by atoms with E-state index >= 15 is 0 Å². The molecule has 0 aromatic rings. The average molecular weight is 920 g/mol. The van der Waals surface area contributed by atoms with Crippen molar-refractivity contribution in [2.75, 3.05) is 13.2 Å². The lowest BCUT2D eigenvalue weighted by Gasteiger charge is -2.18. The molecule has 0 saturated heterocycles. The van der Waals surface area contributed by atoms with Gasteiger partial charge in [0.25, 0.3) is 0 Å². The van der Waals surface area contributed by atoms with Gasteiger partial charge in [0, 0.05) is 19.3 Å². The molecule has 0 heterocycles. The SMILES string of the molecule is CCCCCCCCCCCCCCCCC(=O)OC[C@H](COC(=O)CCCCCCCCCCCCCCCCC(C)C)OC(=O)CCCCCCCCCCCCCCCC(C)C. The monoisotopic (exact) mass is 919 g/mol. The molecule has 0 radical (unpaired) electrons. The summed E-state index contributed by atoms with van der Waals surface area (Å²) in [5.74, 6) is 0.845. The Labute approximate surface area is 406 Å². The van der Waals surface area contributed by atoms with Crippen LogP contribution in [-0.4, -0.2) is 37.2 Å². The fraction of sp³-hybridized carbons (Fsp3) is 0.949. The molecule has 0 N–H and O–H groups in total. The summed E-state index contributed by atoms with van der Waals surface area (Å²) in [6.07, 6.45) is 55.2. The van der Waals surface area contributed by atoms with E-state index in [1.807, 2.05) is 0 Å². The summed E-state index contributed by atoms with van der Waals surface area (Å²) in [5, 5.41) is 0. The molecule has 0 aliphatic carbocycles. The Morgan fingerprint density at radius 3 is 0.754 bits per heavy atom. The van der Waals surface area contributed by atoms with Crippen molar-refractivity contribution in [2.45, 2.75) is 336 Å². The molecule has 65 heavy (non-hydrogen) atoms. The normalized spacial score (nSPS) is 12.0. The van der Waals surface area contributed by atoms with Crippen molar-refractivity contribution in [1.29, 1.82) is 0 Å². The quantitative estimate of drug-likeness (QED) is 0.0344. The lowest BCUT2D eigenvalue weighted by molar-refractivity contribution is -0.167. The molecule has 0 fully saturated rings. The van der Waals surface area contributed by atoms with Gasteiger partial charge in [-0.25, -0.2) is 0 Å². The zero-order valence-corrected chi connectivity index (χ0v) is 44.6. The number of carbonyl (C=O) groups excluding carboxylic acids is 3. The number of unbranched alkanes of at least 4 members (excludes halogenated alkanes) is 38. The van der Waals surface area contributed by atoms with E-state index in [2.05, 4.69) is 34.6 Å². The first-order valence-electron chi connectivity index (χ1n) is 29.2. The fourth-order valence-electron chi connectivity index (χ4n) is 9.05. The van der Waals surface area contributed by atoms with Crippen molar-refractivity contribution in [1.82, 2.24) is 0 Å². The molecule has 0 bridgehead atoms. The van der Waals surface area contributed by atoms with Crippen molar-refractivity contribution in [3.63, 3.8) is 0 Å². The summed E-state index contributed by atoms with van der Waals surface area (Å²) in [5.41, 5.74) is 0. The number of rotatable bonds is 53. The molecule has 0 aromatic heterocycles. The third kappa shape index (κ3) is 53.2. The second-order valence-corrected chi connectivity index (χ2v) is 21.2.